The van der Waals surface area contributed by atoms with E-state index in [2.05, 4.69) is 15.4 Å². The predicted molar refractivity (Wildman–Crippen MR) is 80.6 cm³/mol. The molecule has 0 aromatic carbocycles. The number of thiophene rings is 1. The molecule has 0 unspecified atom stereocenters. The van der Waals surface area contributed by atoms with Gasteiger partial charge in [0.2, 0.25) is 0 Å². The number of hydrogen-bond donors (Lipinski definition) is 2. The largest absolute Gasteiger partial charge is 0.379 e. The Kier molecular flexibility index (Phi) is 4.87. The fourth-order valence-corrected chi connectivity index (χ4v) is 2.44. The normalized spacial score (nSPS) is 12.0. The van der Waals surface area contributed by atoms with Gasteiger partial charge in [0.05, 0.1) is 11.0 Å². The van der Waals surface area contributed by atoms with Gasteiger partial charge in [0.1, 0.15) is 11.4 Å². The maximum atomic E-state index is 5.61. The molecule has 0 aliphatic carbocycles. The molecule has 6 nitrogen and oxygen atoms in total. The maximum Gasteiger partial charge on any atom is 0.158 e. The quantitative estimate of drug-likeness (QED) is 0.463. The summed E-state index contributed by atoms with van der Waals surface area (Å²) < 4.78 is 11.0. The van der Waals surface area contributed by atoms with Gasteiger partial charge in [-0.05, 0) is 31.7 Å². The second-order valence-corrected chi connectivity index (χ2v) is 5.93. The molecule has 0 aliphatic heterocycles. The van der Waals surface area contributed by atoms with Crippen molar-refractivity contribution < 1.29 is 9.47 Å². The number of ether oxygens (including phenoxy) is 2. The highest BCUT2D eigenvalue weighted by Crippen LogP contribution is 2.24. The van der Waals surface area contributed by atoms with E-state index < -0.39 is 0 Å². The minimum absolute atomic E-state index is 0.178. The number of methoxy groups -OCH3 is 1. The van der Waals surface area contributed by atoms with E-state index in [1.54, 1.807) is 18.4 Å². The highest BCUT2D eigenvalue weighted by molar-refractivity contribution is 7.16. The first-order valence-corrected chi connectivity index (χ1v) is 7.27. The molecule has 2 aromatic rings. The molecule has 0 amide bonds. The summed E-state index contributed by atoms with van der Waals surface area (Å²) in [6.07, 6.45) is 0.812. The van der Waals surface area contributed by atoms with Crippen molar-refractivity contribution in [3.05, 3.63) is 17.3 Å². The fourth-order valence-electron chi connectivity index (χ4n) is 1.66. The van der Waals surface area contributed by atoms with E-state index in [0.717, 1.165) is 16.6 Å². The summed E-state index contributed by atoms with van der Waals surface area (Å²) in [7, 11) is 1.70. The standard InChI is InChI=1S/C13H20N4O2S/c1-13(2,18-3)5-6-19-8-10-15-11(17-14)9-4-7-20-12(9)16-10/h4,7H,5-6,8,14H2,1-3H3,(H,15,16,17). The Morgan fingerprint density at radius 3 is 2.90 bits per heavy atom. The second-order valence-electron chi connectivity index (χ2n) is 5.04. The van der Waals surface area contributed by atoms with Crippen molar-refractivity contribution in [2.45, 2.75) is 32.5 Å². The third kappa shape index (κ3) is 3.63. The number of nitrogen functional groups attached to an aromatic ring is 1. The zero-order valence-electron chi connectivity index (χ0n) is 12.0. The van der Waals surface area contributed by atoms with Crippen LogP contribution in [0.2, 0.25) is 0 Å². The van der Waals surface area contributed by atoms with Crippen LogP contribution in [0.4, 0.5) is 5.82 Å². The highest BCUT2D eigenvalue weighted by atomic mass is 32.1. The van der Waals surface area contributed by atoms with Gasteiger partial charge in [-0.3, -0.25) is 0 Å². The third-order valence-corrected chi connectivity index (χ3v) is 3.95. The SMILES string of the molecule is COC(C)(C)CCOCc1nc(NN)c2ccsc2n1. The number of nitrogens with two attached hydrogens (primary N) is 1. The lowest BCUT2D eigenvalue weighted by molar-refractivity contribution is -0.0131. The third-order valence-electron chi connectivity index (χ3n) is 3.14. The summed E-state index contributed by atoms with van der Waals surface area (Å²) in [6, 6.07) is 1.95. The Balaban J connectivity index is 1.96. The summed E-state index contributed by atoms with van der Waals surface area (Å²) in [6.45, 7) is 5.02. The Hall–Kier alpha value is -1.28. The van der Waals surface area contributed by atoms with Crippen LogP contribution in [0.1, 0.15) is 26.1 Å². The lowest BCUT2D eigenvalue weighted by Gasteiger charge is -2.22. The van der Waals surface area contributed by atoms with Crippen LogP contribution in [0.25, 0.3) is 10.2 Å². The molecule has 2 rings (SSSR count). The molecular formula is C13H20N4O2S. The summed E-state index contributed by atoms with van der Waals surface area (Å²) in [5.41, 5.74) is 2.42. The van der Waals surface area contributed by atoms with Crippen molar-refractivity contribution in [3.8, 4) is 0 Å². The Morgan fingerprint density at radius 2 is 2.20 bits per heavy atom. The lowest BCUT2D eigenvalue weighted by atomic mass is 10.1. The van der Waals surface area contributed by atoms with Gasteiger partial charge >= 0.3 is 0 Å². The molecular weight excluding hydrogens is 276 g/mol. The average Bonchev–Trinajstić information content (AvgIpc) is 2.91. The lowest BCUT2D eigenvalue weighted by Crippen LogP contribution is -2.24. The van der Waals surface area contributed by atoms with Crippen molar-refractivity contribution in [1.29, 1.82) is 0 Å². The minimum atomic E-state index is -0.178. The van der Waals surface area contributed by atoms with Crippen LogP contribution in [0.3, 0.4) is 0 Å². The van der Waals surface area contributed by atoms with E-state index in [1.165, 1.54) is 0 Å². The highest BCUT2D eigenvalue weighted by Gasteiger charge is 2.16. The second kappa shape index (κ2) is 6.45. The van der Waals surface area contributed by atoms with E-state index in [-0.39, 0.29) is 5.60 Å². The van der Waals surface area contributed by atoms with Crippen LogP contribution < -0.4 is 11.3 Å². The first kappa shape index (κ1) is 15.1. The molecule has 2 heterocycles. The van der Waals surface area contributed by atoms with Gasteiger partial charge in [-0.25, -0.2) is 15.8 Å². The zero-order chi connectivity index (χ0) is 14.6. The van der Waals surface area contributed by atoms with E-state index in [1.807, 2.05) is 25.3 Å². The molecule has 2 aromatic heterocycles. The molecule has 7 heteroatoms. The topological polar surface area (TPSA) is 82.3 Å². The zero-order valence-corrected chi connectivity index (χ0v) is 12.8. The minimum Gasteiger partial charge on any atom is -0.379 e. The van der Waals surface area contributed by atoms with E-state index in [9.17, 15) is 0 Å². The molecule has 0 atom stereocenters. The van der Waals surface area contributed by atoms with Gasteiger partial charge in [-0.15, -0.1) is 11.3 Å². The molecule has 110 valence electrons. The summed E-state index contributed by atoms with van der Waals surface area (Å²) in [5, 5.41) is 2.90. The summed E-state index contributed by atoms with van der Waals surface area (Å²) >= 11 is 1.56. The van der Waals surface area contributed by atoms with Crippen LogP contribution in [-0.4, -0.2) is 29.3 Å². The van der Waals surface area contributed by atoms with Crippen LogP contribution >= 0.6 is 11.3 Å². The number of hydrogen-bond acceptors (Lipinski definition) is 7. The molecule has 3 N–H and O–H groups in total. The smallest absolute Gasteiger partial charge is 0.158 e. The van der Waals surface area contributed by atoms with Gasteiger partial charge < -0.3 is 14.9 Å². The molecule has 0 saturated heterocycles. The Bertz CT molecular complexity index is 570. The first-order chi connectivity index (χ1) is 9.55. The molecule has 0 fully saturated rings. The molecule has 0 spiro atoms. The first-order valence-electron chi connectivity index (χ1n) is 6.39. The van der Waals surface area contributed by atoms with Crippen molar-refractivity contribution >= 4 is 27.4 Å². The monoisotopic (exact) mass is 296 g/mol. The number of nitrogens with zero attached hydrogens (tertiary/aromatic N) is 2. The number of hydrazine groups is 1. The average molecular weight is 296 g/mol. The van der Waals surface area contributed by atoms with E-state index >= 15 is 0 Å². The van der Waals surface area contributed by atoms with Gasteiger partial charge in [-0.1, -0.05) is 0 Å². The Morgan fingerprint density at radius 1 is 1.40 bits per heavy atom. The number of aromatic nitrogens is 2. The van der Waals surface area contributed by atoms with Crippen LogP contribution in [0.15, 0.2) is 11.4 Å². The van der Waals surface area contributed by atoms with Gasteiger partial charge in [0.25, 0.3) is 0 Å². The molecule has 20 heavy (non-hydrogen) atoms. The number of anilines is 1. The summed E-state index contributed by atoms with van der Waals surface area (Å²) in [5.74, 6) is 6.74. The fraction of sp³-hybridized carbons (Fsp3) is 0.538. The summed E-state index contributed by atoms with van der Waals surface area (Å²) in [4.78, 5) is 9.71. The van der Waals surface area contributed by atoms with Crippen molar-refractivity contribution in [2.24, 2.45) is 5.84 Å². The van der Waals surface area contributed by atoms with Crippen LogP contribution in [0, 0.1) is 0 Å². The van der Waals surface area contributed by atoms with E-state index in [0.29, 0.717) is 24.9 Å². The van der Waals surface area contributed by atoms with Crippen LogP contribution in [-0.2, 0) is 16.1 Å². The van der Waals surface area contributed by atoms with Crippen LogP contribution in [0.5, 0.6) is 0 Å². The van der Waals surface area contributed by atoms with Crippen molar-refractivity contribution in [3.63, 3.8) is 0 Å². The number of rotatable bonds is 7. The predicted octanol–water partition coefficient (Wildman–Crippen LogP) is 2.31. The molecule has 0 saturated carbocycles. The van der Waals surface area contributed by atoms with Crippen molar-refractivity contribution in [2.75, 3.05) is 19.1 Å². The number of fused-ring (bicyclic) bond motifs is 1. The molecule has 0 radical (unpaired) electrons. The van der Waals surface area contributed by atoms with Gasteiger partial charge in [-0.2, -0.15) is 0 Å². The Labute approximate surface area is 122 Å². The van der Waals surface area contributed by atoms with Gasteiger partial charge in [0.15, 0.2) is 11.6 Å². The maximum absolute atomic E-state index is 5.61. The number of nitrogens with one attached hydrogen (secondary N) is 1. The molecule has 0 bridgehead atoms. The van der Waals surface area contributed by atoms with Gasteiger partial charge in [0, 0.05) is 13.7 Å². The van der Waals surface area contributed by atoms with Crippen molar-refractivity contribution in [1.82, 2.24) is 9.97 Å². The van der Waals surface area contributed by atoms with E-state index in [4.69, 9.17) is 15.3 Å². The molecule has 0 aliphatic rings.